The molecule has 1 amide bonds. The van der Waals surface area contributed by atoms with Gasteiger partial charge >= 0.3 is 0 Å². The molecule has 1 aromatic heterocycles. The molecular weight excluding hydrogens is 346 g/mol. The minimum absolute atomic E-state index is 0.151. The Morgan fingerprint density at radius 1 is 1.04 bits per heavy atom. The Labute approximate surface area is 156 Å². The van der Waals surface area contributed by atoms with Crippen molar-refractivity contribution in [2.45, 2.75) is 6.92 Å². The molecule has 0 spiro atoms. The van der Waals surface area contributed by atoms with Gasteiger partial charge in [0.15, 0.2) is 23.0 Å². The molecule has 138 valence electrons. The maximum Gasteiger partial charge on any atom is 0.293 e. The van der Waals surface area contributed by atoms with E-state index in [9.17, 15) is 4.79 Å². The second kappa shape index (κ2) is 8.18. The third-order valence-corrected chi connectivity index (χ3v) is 3.93. The number of hydrogen-bond donors (Lipinski definition) is 1. The largest absolute Gasteiger partial charge is 0.493 e. The summed E-state index contributed by atoms with van der Waals surface area (Å²) in [6, 6.07) is 16.4. The third-order valence-electron chi connectivity index (χ3n) is 3.93. The maximum atomic E-state index is 12.3. The van der Waals surface area contributed by atoms with Crippen molar-refractivity contribution in [1.82, 2.24) is 10.6 Å². The van der Waals surface area contributed by atoms with E-state index in [1.807, 2.05) is 36.4 Å². The number of rotatable bonds is 6. The van der Waals surface area contributed by atoms with E-state index in [0.29, 0.717) is 23.0 Å². The van der Waals surface area contributed by atoms with Crippen LogP contribution < -0.4 is 14.9 Å². The van der Waals surface area contributed by atoms with E-state index in [1.165, 1.54) is 0 Å². The number of ether oxygens (including phenoxy) is 2. The van der Waals surface area contributed by atoms with E-state index < -0.39 is 5.91 Å². The van der Waals surface area contributed by atoms with Crippen molar-refractivity contribution in [3.05, 3.63) is 65.9 Å². The van der Waals surface area contributed by atoms with Crippen LogP contribution in [-0.4, -0.2) is 31.0 Å². The molecule has 3 aromatic rings. The molecule has 0 aliphatic carbocycles. The quantitative estimate of drug-likeness (QED) is 0.534. The number of amides is 1. The number of carbonyl (C=O) groups excluding carboxylic acids is 1. The fraction of sp³-hybridized carbons (Fsp3) is 0.150. The summed E-state index contributed by atoms with van der Waals surface area (Å²) in [5, 5.41) is 7.92. The van der Waals surface area contributed by atoms with Gasteiger partial charge in [-0.25, -0.2) is 5.43 Å². The minimum Gasteiger partial charge on any atom is -0.493 e. The second-order valence-electron chi connectivity index (χ2n) is 5.65. The zero-order chi connectivity index (χ0) is 19.2. The Morgan fingerprint density at radius 2 is 1.78 bits per heavy atom. The van der Waals surface area contributed by atoms with Crippen LogP contribution in [0.4, 0.5) is 0 Å². The van der Waals surface area contributed by atoms with E-state index in [1.54, 1.807) is 39.3 Å². The maximum absolute atomic E-state index is 12.3. The molecule has 3 rings (SSSR count). The van der Waals surface area contributed by atoms with E-state index in [-0.39, 0.29) is 5.69 Å². The number of hydrazone groups is 1. The minimum atomic E-state index is -0.458. The number of carbonyl (C=O) groups is 1. The summed E-state index contributed by atoms with van der Waals surface area (Å²) in [5.41, 5.74) is 4.87. The second-order valence-corrected chi connectivity index (χ2v) is 5.65. The van der Waals surface area contributed by atoms with Gasteiger partial charge in [0, 0.05) is 17.2 Å². The molecule has 0 unspecified atom stereocenters. The number of nitrogens with zero attached hydrogens (tertiary/aromatic N) is 2. The first-order valence-corrected chi connectivity index (χ1v) is 8.21. The molecule has 0 radical (unpaired) electrons. The molecule has 0 fully saturated rings. The average molecular weight is 365 g/mol. The van der Waals surface area contributed by atoms with Gasteiger partial charge in [0.05, 0.1) is 19.9 Å². The van der Waals surface area contributed by atoms with Crippen molar-refractivity contribution < 1.29 is 18.8 Å². The highest BCUT2D eigenvalue weighted by atomic mass is 16.5. The van der Waals surface area contributed by atoms with Crippen LogP contribution in [0.5, 0.6) is 11.5 Å². The predicted octanol–water partition coefficient (Wildman–Crippen LogP) is 3.51. The molecule has 0 atom stereocenters. The molecule has 7 nitrogen and oxygen atoms in total. The monoisotopic (exact) mass is 365 g/mol. The van der Waals surface area contributed by atoms with E-state index in [0.717, 1.165) is 11.1 Å². The zero-order valence-corrected chi connectivity index (χ0v) is 15.2. The fourth-order valence-electron chi connectivity index (χ4n) is 2.44. The lowest BCUT2D eigenvalue weighted by molar-refractivity contribution is 0.0946. The summed E-state index contributed by atoms with van der Waals surface area (Å²) in [6.45, 7) is 1.78. The van der Waals surface area contributed by atoms with Crippen molar-refractivity contribution in [3.63, 3.8) is 0 Å². The highest BCUT2D eigenvalue weighted by Gasteiger charge is 2.13. The molecule has 2 aromatic carbocycles. The van der Waals surface area contributed by atoms with Crippen molar-refractivity contribution in [1.29, 1.82) is 0 Å². The molecule has 0 aliphatic heterocycles. The summed E-state index contributed by atoms with van der Waals surface area (Å²) in [6.07, 6.45) is 0. The van der Waals surface area contributed by atoms with E-state index in [2.05, 4.69) is 15.7 Å². The van der Waals surface area contributed by atoms with E-state index in [4.69, 9.17) is 14.0 Å². The van der Waals surface area contributed by atoms with Gasteiger partial charge in [-0.15, -0.1) is 0 Å². The van der Waals surface area contributed by atoms with Crippen molar-refractivity contribution in [3.8, 4) is 22.8 Å². The topological polar surface area (TPSA) is 86.0 Å². The Balaban J connectivity index is 1.72. The third kappa shape index (κ3) is 4.14. The van der Waals surface area contributed by atoms with Gasteiger partial charge < -0.3 is 14.0 Å². The molecule has 27 heavy (non-hydrogen) atoms. The summed E-state index contributed by atoms with van der Waals surface area (Å²) in [7, 11) is 3.13. The number of nitrogens with one attached hydrogen (secondary N) is 1. The molecule has 0 aliphatic rings. The summed E-state index contributed by atoms with van der Waals surface area (Å²) in [5.74, 6) is 1.26. The fourth-order valence-corrected chi connectivity index (χ4v) is 2.44. The molecule has 1 N–H and O–H groups in total. The normalized spacial score (nSPS) is 11.1. The highest BCUT2D eigenvalue weighted by molar-refractivity contribution is 6.01. The molecule has 0 saturated heterocycles. The molecule has 0 bridgehead atoms. The summed E-state index contributed by atoms with van der Waals surface area (Å²) < 4.78 is 15.7. The highest BCUT2D eigenvalue weighted by Crippen LogP contribution is 2.27. The number of hydrogen-bond acceptors (Lipinski definition) is 6. The van der Waals surface area contributed by atoms with Gasteiger partial charge in [-0.05, 0) is 25.1 Å². The lowest BCUT2D eigenvalue weighted by Gasteiger charge is -2.09. The molecular formula is C20H19N3O4. The SMILES string of the molecule is COc1ccc(/C(C)=N/NC(=O)c2cc(-c3ccccc3)on2)cc1OC. The Kier molecular flexibility index (Phi) is 5.51. The Bertz CT molecular complexity index is 964. The first-order chi connectivity index (χ1) is 13.1. The van der Waals surface area contributed by atoms with Crippen LogP contribution >= 0.6 is 0 Å². The smallest absolute Gasteiger partial charge is 0.293 e. The van der Waals surface area contributed by atoms with Crippen LogP contribution in [0.2, 0.25) is 0 Å². The van der Waals surface area contributed by atoms with Crippen LogP contribution in [0.15, 0.2) is 64.2 Å². The molecule has 7 heteroatoms. The van der Waals surface area contributed by atoms with Gasteiger partial charge in [-0.3, -0.25) is 4.79 Å². The predicted molar refractivity (Wildman–Crippen MR) is 101 cm³/mol. The lowest BCUT2D eigenvalue weighted by atomic mass is 10.1. The lowest BCUT2D eigenvalue weighted by Crippen LogP contribution is -2.19. The zero-order valence-electron chi connectivity index (χ0n) is 15.2. The van der Waals surface area contributed by atoms with Crippen molar-refractivity contribution >= 4 is 11.6 Å². The van der Waals surface area contributed by atoms with Crippen LogP contribution in [0.1, 0.15) is 23.0 Å². The first-order valence-electron chi connectivity index (χ1n) is 8.21. The summed E-state index contributed by atoms with van der Waals surface area (Å²) >= 11 is 0. The number of aromatic nitrogens is 1. The molecule has 1 heterocycles. The van der Waals surface area contributed by atoms with Crippen LogP contribution in [0.25, 0.3) is 11.3 Å². The number of methoxy groups -OCH3 is 2. The van der Waals surface area contributed by atoms with Crippen LogP contribution in [0.3, 0.4) is 0 Å². The first kappa shape index (κ1) is 18.2. The van der Waals surface area contributed by atoms with Crippen molar-refractivity contribution in [2.75, 3.05) is 14.2 Å². The standard InChI is InChI=1S/C20H19N3O4/c1-13(15-9-10-17(25-2)19(11-15)26-3)21-22-20(24)16-12-18(27-23-16)14-7-5-4-6-8-14/h4-12H,1-3H3,(H,22,24)/b21-13+. The van der Waals surface area contributed by atoms with Gasteiger partial charge in [-0.1, -0.05) is 35.5 Å². The summed E-state index contributed by atoms with van der Waals surface area (Å²) in [4.78, 5) is 12.3. The van der Waals surface area contributed by atoms with E-state index >= 15 is 0 Å². The van der Waals surface area contributed by atoms with Gasteiger partial charge in [-0.2, -0.15) is 5.10 Å². The average Bonchev–Trinajstić information content (AvgIpc) is 3.22. The Morgan fingerprint density at radius 3 is 2.48 bits per heavy atom. The van der Waals surface area contributed by atoms with Crippen LogP contribution in [-0.2, 0) is 0 Å². The van der Waals surface area contributed by atoms with Gasteiger partial charge in [0.1, 0.15) is 0 Å². The van der Waals surface area contributed by atoms with Gasteiger partial charge in [0.2, 0.25) is 0 Å². The van der Waals surface area contributed by atoms with Gasteiger partial charge in [0.25, 0.3) is 5.91 Å². The van der Waals surface area contributed by atoms with Crippen molar-refractivity contribution in [2.24, 2.45) is 5.10 Å². The van der Waals surface area contributed by atoms with Crippen LogP contribution in [0, 0.1) is 0 Å². The molecule has 0 saturated carbocycles. The Hall–Kier alpha value is -3.61. The number of benzene rings is 2.